The first-order valence-corrected chi connectivity index (χ1v) is 7.01. The summed E-state index contributed by atoms with van der Waals surface area (Å²) in [7, 11) is -4.04. The Morgan fingerprint density at radius 3 is 2.60 bits per heavy atom. The Kier molecular flexibility index (Phi) is 4.47. The SMILES string of the molecule is CC(C)(CC(=O)O)NS(=O)(=O)c1ccc(F)c(C#N)c1. The monoisotopic (exact) mass is 300 g/mol. The first-order valence-electron chi connectivity index (χ1n) is 5.53. The van der Waals surface area contributed by atoms with Crippen molar-refractivity contribution in [3.8, 4) is 6.07 Å². The Labute approximate surface area is 115 Å². The second-order valence-electron chi connectivity index (χ2n) is 4.81. The zero-order valence-electron chi connectivity index (χ0n) is 10.8. The van der Waals surface area contributed by atoms with Crippen molar-refractivity contribution < 1.29 is 22.7 Å². The van der Waals surface area contributed by atoms with Crippen molar-refractivity contribution in [2.24, 2.45) is 0 Å². The Morgan fingerprint density at radius 2 is 2.10 bits per heavy atom. The smallest absolute Gasteiger partial charge is 0.305 e. The molecule has 0 heterocycles. The Morgan fingerprint density at radius 1 is 1.50 bits per heavy atom. The first kappa shape index (κ1) is 16.1. The molecule has 0 atom stereocenters. The van der Waals surface area contributed by atoms with Gasteiger partial charge in [0.05, 0.1) is 16.9 Å². The van der Waals surface area contributed by atoms with Gasteiger partial charge in [0.15, 0.2) is 0 Å². The number of nitriles is 1. The summed E-state index contributed by atoms with van der Waals surface area (Å²) in [5.41, 5.74) is -1.62. The van der Waals surface area contributed by atoms with Crippen molar-refractivity contribution >= 4 is 16.0 Å². The van der Waals surface area contributed by atoms with E-state index in [0.717, 1.165) is 18.2 Å². The summed E-state index contributed by atoms with van der Waals surface area (Å²) >= 11 is 0. The fourth-order valence-corrected chi connectivity index (χ4v) is 3.03. The summed E-state index contributed by atoms with van der Waals surface area (Å²) in [5, 5.41) is 17.4. The number of carbonyl (C=O) groups is 1. The normalized spacial score (nSPS) is 11.9. The first-order chi connectivity index (χ1) is 9.07. The zero-order chi connectivity index (χ0) is 15.6. The Bertz CT molecular complexity index is 677. The van der Waals surface area contributed by atoms with Crippen LogP contribution in [0.2, 0.25) is 0 Å². The van der Waals surface area contributed by atoms with Gasteiger partial charge >= 0.3 is 5.97 Å². The molecule has 0 bridgehead atoms. The summed E-state index contributed by atoms with van der Waals surface area (Å²) in [6, 6.07) is 4.32. The van der Waals surface area contributed by atoms with Gasteiger partial charge in [-0.2, -0.15) is 5.26 Å². The molecule has 0 aliphatic heterocycles. The molecule has 0 aliphatic rings. The quantitative estimate of drug-likeness (QED) is 0.850. The standard InChI is InChI=1S/C12H13FN2O4S/c1-12(2,6-11(16)17)15-20(18,19)9-3-4-10(13)8(5-9)7-14/h3-5,15H,6H2,1-2H3,(H,16,17). The zero-order valence-corrected chi connectivity index (χ0v) is 11.7. The predicted molar refractivity (Wildman–Crippen MR) is 67.8 cm³/mol. The molecular weight excluding hydrogens is 287 g/mol. The number of carboxylic acid groups (broad SMARTS) is 1. The third-order valence-electron chi connectivity index (χ3n) is 2.37. The van der Waals surface area contributed by atoms with E-state index in [1.807, 2.05) is 0 Å². The second-order valence-corrected chi connectivity index (χ2v) is 6.50. The van der Waals surface area contributed by atoms with Crippen LogP contribution in [0.1, 0.15) is 25.8 Å². The van der Waals surface area contributed by atoms with E-state index in [-0.39, 0.29) is 4.90 Å². The van der Waals surface area contributed by atoms with Crippen molar-refractivity contribution in [2.45, 2.75) is 30.7 Å². The van der Waals surface area contributed by atoms with Crippen molar-refractivity contribution in [1.29, 1.82) is 5.26 Å². The van der Waals surface area contributed by atoms with Crippen LogP contribution in [0.15, 0.2) is 23.1 Å². The molecule has 6 nitrogen and oxygen atoms in total. The van der Waals surface area contributed by atoms with Gasteiger partial charge in [0.2, 0.25) is 10.0 Å². The van der Waals surface area contributed by atoms with Gasteiger partial charge < -0.3 is 5.11 Å². The van der Waals surface area contributed by atoms with Crippen molar-refractivity contribution in [1.82, 2.24) is 4.72 Å². The minimum absolute atomic E-state index is 0.297. The molecule has 1 rings (SSSR count). The van der Waals surface area contributed by atoms with E-state index in [1.165, 1.54) is 13.8 Å². The van der Waals surface area contributed by atoms with Crippen LogP contribution >= 0.6 is 0 Å². The van der Waals surface area contributed by atoms with Crippen molar-refractivity contribution in [3.63, 3.8) is 0 Å². The summed E-state index contributed by atoms with van der Waals surface area (Å²) in [6.07, 6.45) is -0.418. The third-order valence-corrected chi connectivity index (χ3v) is 4.07. The van der Waals surface area contributed by atoms with Gasteiger partial charge in [-0.1, -0.05) is 0 Å². The number of aliphatic carboxylic acids is 1. The van der Waals surface area contributed by atoms with Crippen LogP contribution in [-0.4, -0.2) is 25.0 Å². The molecule has 8 heteroatoms. The highest BCUT2D eigenvalue weighted by atomic mass is 32.2. The molecule has 0 unspecified atom stereocenters. The number of benzene rings is 1. The number of nitrogens with zero attached hydrogens (tertiary/aromatic N) is 1. The van der Waals surface area contributed by atoms with Gasteiger partial charge in [-0.05, 0) is 32.0 Å². The van der Waals surface area contributed by atoms with Gasteiger partial charge in [0, 0.05) is 5.54 Å². The molecular formula is C12H13FN2O4S. The van der Waals surface area contributed by atoms with Crippen molar-refractivity contribution in [3.05, 3.63) is 29.6 Å². The Hall–Kier alpha value is -1.98. The van der Waals surface area contributed by atoms with Crippen LogP contribution in [0.4, 0.5) is 4.39 Å². The van der Waals surface area contributed by atoms with E-state index in [2.05, 4.69) is 4.72 Å². The van der Waals surface area contributed by atoms with Crippen LogP contribution in [0.3, 0.4) is 0 Å². The van der Waals surface area contributed by atoms with E-state index in [0.29, 0.717) is 0 Å². The topological polar surface area (TPSA) is 107 Å². The molecule has 108 valence electrons. The number of hydrogen-bond donors (Lipinski definition) is 2. The van der Waals surface area contributed by atoms with Gasteiger partial charge in [-0.3, -0.25) is 4.79 Å². The van der Waals surface area contributed by atoms with Crippen LogP contribution in [0.5, 0.6) is 0 Å². The molecule has 0 aliphatic carbocycles. The largest absolute Gasteiger partial charge is 0.481 e. The summed E-state index contributed by atoms with van der Waals surface area (Å²) < 4.78 is 39.5. The number of halogens is 1. The summed E-state index contributed by atoms with van der Waals surface area (Å²) in [4.78, 5) is 10.4. The van der Waals surface area contributed by atoms with Crippen LogP contribution in [0, 0.1) is 17.1 Å². The maximum absolute atomic E-state index is 13.2. The lowest BCUT2D eigenvalue weighted by Crippen LogP contribution is -2.44. The minimum atomic E-state index is -4.04. The van der Waals surface area contributed by atoms with Gasteiger partial charge in [-0.25, -0.2) is 17.5 Å². The molecule has 0 amide bonds. The minimum Gasteiger partial charge on any atom is -0.481 e. The molecule has 20 heavy (non-hydrogen) atoms. The highest BCUT2D eigenvalue weighted by Gasteiger charge is 2.29. The molecule has 2 N–H and O–H groups in total. The summed E-state index contributed by atoms with van der Waals surface area (Å²) in [5.74, 6) is -1.98. The lowest BCUT2D eigenvalue weighted by atomic mass is 10.0. The third kappa shape index (κ3) is 4.01. The summed E-state index contributed by atoms with van der Waals surface area (Å²) in [6.45, 7) is 2.82. The van der Waals surface area contributed by atoms with E-state index in [4.69, 9.17) is 10.4 Å². The van der Waals surface area contributed by atoms with Crippen LogP contribution in [0.25, 0.3) is 0 Å². The number of carboxylic acids is 1. The maximum atomic E-state index is 13.2. The molecule has 0 fully saturated rings. The van der Waals surface area contributed by atoms with Gasteiger partial charge in [-0.15, -0.1) is 0 Å². The van der Waals surface area contributed by atoms with Gasteiger partial charge in [0.25, 0.3) is 0 Å². The molecule has 0 spiro atoms. The highest BCUT2D eigenvalue weighted by molar-refractivity contribution is 7.89. The predicted octanol–water partition coefficient (Wildman–Crippen LogP) is 1.23. The molecule has 1 aromatic carbocycles. The highest BCUT2D eigenvalue weighted by Crippen LogP contribution is 2.18. The average molecular weight is 300 g/mol. The molecule has 0 saturated carbocycles. The number of nitrogens with one attached hydrogen (secondary N) is 1. The number of rotatable bonds is 5. The van der Waals surface area contributed by atoms with E-state index in [1.54, 1.807) is 6.07 Å². The average Bonchev–Trinajstić information content (AvgIpc) is 2.25. The molecule has 1 aromatic rings. The Balaban J connectivity index is 3.12. The fraction of sp³-hybridized carbons (Fsp3) is 0.333. The number of hydrogen-bond acceptors (Lipinski definition) is 4. The fourth-order valence-electron chi connectivity index (χ4n) is 1.59. The van der Waals surface area contributed by atoms with Gasteiger partial charge in [0.1, 0.15) is 11.9 Å². The molecule has 0 aromatic heterocycles. The lowest BCUT2D eigenvalue weighted by molar-refractivity contribution is -0.138. The van der Waals surface area contributed by atoms with E-state index < -0.39 is 39.3 Å². The second kappa shape index (κ2) is 5.56. The molecule has 0 radical (unpaired) electrons. The lowest BCUT2D eigenvalue weighted by Gasteiger charge is -2.23. The maximum Gasteiger partial charge on any atom is 0.305 e. The van der Waals surface area contributed by atoms with E-state index >= 15 is 0 Å². The van der Waals surface area contributed by atoms with E-state index in [9.17, 15) is 17.6 Å². The van der Waals surface area contributed by atoms with Crippen LogP contribution in [-0.2, 0) is 14.8 Å². The molecule has 0 saturated heterocycles. The van der Waals surface area contributed by atoms with Crippen LogP contribution < -0.4 is 4.72 Å². The number of sulfonamides is 1. The van der Waals surface area contributed by atoms with Crippen molar-refractivity contribution in [2.75, 3.05) is 0 Å².